The molecule has 0 fully saturated rings. The Balaban J connectivity index is 2.43. The largest absolute Gasteiger partial charge is 0.507 e. The lowest BCUT2D eigenvalue weighted by Gasteiger charge is -2.29. The second-order valence-corrected chi connectivity index (χ2v) is 9.03. The Morgan fingerprint density at radius 2 is 1.38 bits per heavy atom. The van der Waals surface area contributed by atoms with Gasteiger partial charge in [0.2, 0.25) is 0 Å². The molecule has 3 heteroatoms. The van der Waals surface area contributed by atoms with Crippen molar-refractivity contribution in [3.8, 4) is 5.75 Å². The lowest BCUT2D eigenvalue weighted by Crippen LogP contribution is -2.27. The number of hydrogen-bond acceptors (Lipinski definition) is 2. The maximum atomic E-state index is 12.5. The summed E-state index contributed by atoms with van der Waals surface area (Å²) >= 11 is 0. The van der Waals surface area contributed by atoms with Crippen molar-refractivity contribution < 1.29 is 9.90 Å². The molecule has 2 aromatic rings. The fourth-order valence-electron chi connectivity index (χ4n) is 3.00. The molecule has 0 aliphatic carbocycles. The predicted octanol–water partition coefficient (Wildman–Crippen LogP) is 5.48. The van der Waals surface area contributed by atoms with E-state index in [1.807, 2.05) is 37.3 Å². The van der Waals surface area contributed by atoms with E-state index in [9.17, 15) is 9.90 Å². The Morgan fingerprint density at radius 1 is 0.923 bits per heavy atom. The number of amides is 1. The number of phenolic OH excluding ortho intramolecular Hbond substituents is 1. The highest BCUT2D eigenvalue weighted by Crippen LogP contribution is 2.40. The second-order valence-electron chi connectivity index (χ2n) is 9.03. The molecule has 3 nitrogen and oxygen atoms in total. The van der Waals surface area contributed by atoms with Gasteiger partial charge in [0.25, 0.3) is 5.91 Å². The van der Waals surface area contributed by atoms with Gasteiger partial charge in [-0.05, 0) is 58.7 Å². The fourth-order valence-corrected chi connectivity index (χ4v) is 3.00. The Hall–Kier alpha value is -2.29. The van der Waals surface area contributed by atoms with Crippen LogP contribution in [0.25, 0.3) is 0 Å². The molecule has 0 radical (unpaired) electrons. The van der Waals surface area contributed by atoms with E-state index in [2.05, 4.69) is 46.9 Å². The van der Waals surface area contributed by atoms with Crippen molar-refractivity contribution in [1.82, 2.24) is 5.32 Å². The van der Waals surface area contributed by atoms with Gasteiger partial charge in [-0.3, -0.25) is 4.79 Å². The maximum Gasteiger partial charge on any atom is 0.251 e. The number of rotatable bonds is 3. The minimum Gasteiger partial charge on any atom is -0.507 e. The molecule has 0 heterocycles. The zero-order valence-electron chi connectivity index (χ0n) is 17.0. The lowest BCUT2D eigenvalue weighted by molar-refractivity contribution is 0.0940. The fraction of sp³-hybridized carbons (Fsp3) is 0.435. The zero-order valence-corrected chi connectivity index (χ0v) is 17.0. The van der Waals surface area contributed by atoms with Crippen molar-refractivity contribution in [3.63, 3.8) is 0 Å². The van der Waals surface area contributed by atoms with Crippen molar-refractivity contribution in [2.75, 3.05) is 0 Å². The molecular weight excluding hydrogens is 322 g/mol. The average Bonchev–Trinajstić information content (AvgIpc) is 2.53. The van der Waals surface area contributed by atoms with E-state index in [0.717, 1.165) is 16.7 Å². The first-order valence-corrected chi connectivity index (χ1v) is 9.15. The summed E-state index contributed by atoms with van der Waals surface area (Å²) in [5.74, 6) is 0.260. The number of carbonyl (C=O) groups excluding carboxylic acids is 1. The van der Waals surface area contributed by atoms with Gasteiger partial charge in [-0.2, -0.15) is 0 Å². The summed E-state index contributed by atoms with van der Waals surface area (Å²) in [5.41, 5.74) is 3.07. The molecule has 0 aliphatic rings. The summed E-state index contributed by atoms with van der Waals surface area (Å²) in [6, 6.07) is 13.1. The van der Waals surface area contributed by atoms with E-state index in [0.29, 0.717) is 11.3 Å². The molecule has 0 unspecified atom stereocenters. The molecule has 0 aliphatic heterocycles. The van der Waals surface area contributed by atoms with Crippen LogP contribution in [-0.4, -0.2) is 11.0 Å². The maximum absolute atomic E-state index is 12.5. The van der Waals surface area contributed by atoms with Crippen molar-refractivity contribution >= 4 is 5.91 Å². The third kappa shape index (κ3) is 4.46. The number of benzene rings is 2. The molecule has 0 saturated heterocycles. The Kier molecular flexibility index (Phi) is 5.50. The van der Waals surface area contributed by atoms with E-state index in [1.54, 1.807) is 12.1 Å². The number of phenols is 1. The van der Waals surface area contributed by atoms with E-state index in [-0.39, 0.29) is 22.8 Å². The van der Waals surface area contributed by atoms with Gasteiger partial charge in [0, 0.05) is 5.56 Å². The van der Waals surface area contributed by atoms with Gasteiger partial charge in [0.1, 0.15) is 5.75 Å². The highest BCUT2D eigenvalue weighted by Gasteiger charge is 2.27. The molecule has 2 N–H and O–H groups in total. The van der Waals surface area contributed by atoms with Gasteiger partial charge in [-0.25, -0.2) is 0 Å². The van der Waals surface area contributed by atoms with Crippen LogP contribution in [-0.2, 0) is 10.8 Å². The number of hydrogen-bond donors (Lipinski definition) is 2. The monoisotopic (exact) mass is 353 g/mol. The smallest absolute Gasteiger partial charge is 0.251 e. The van der Waals surface area contributed by atoms with Crippen LogP contribution in [0, 0.1) is 0 Å². The van der Waals surface area contributed by atoms with Gasteiger partial charge in [-0.1, -0.05) is 59.7 Å². The highest BCUT2D eigenvalue weighted by atomic mass is 16.3. The summed E-state index contributed by atoms with van der Waals surface area (Å²) in [5, 5.41) is 13.9. The van der Waals surface area contributed by atoms with Crippen LogP contribution in [0.15, 0.2) is 42.5 Å². The summed E-state index contributed by atoms with van der Waals surface area (Å²) in [7, 11) is 0. The van der Waals surface area contributed by atoms with E-state index in [4.69, 9.17) is 0 Å². The normalized spacial score (nSPS) is 13.3. The van der Waals surface area contributed by atoms with Gasteiger partial charge in [-0.15, -0.1) is 0 Å². The van der Waals surface area contributed by atoms with Crippen LogP contribution in [0.3, 0.4) is 0 Å². The van der Waals surface area contributed by atoms with Crippen molar-refractivity contribution in [1.29, 1.82) is 0 Å². The Labute approximate surface area is 157 Å². The number of aromatic hydroxyl groups is 1. The summed E-state index contributed by atoms with van der Waals surface area (Å²) in [6.45, 7) is 14.5. The minimum absolute atomic E-state index is 0.0965. The third-order valence-electron chi connectivity index (χ3n) is 4.63. The number of carbonyl (C=O) groups is 1. The molecule has 1 amide bonds. The molecule has 0 bridgehead atoms. The first-order chi connectivity index (χ1) is 11.9. The molecule has 1 atom stereocenters. The van der Waals surface area contributed by atoms with Crippen LogP contribution in [0.4, 0.5) is 0 Å². The summed E-state index contributed by atoms with van der Waals surface area (Å²) in [6.07, 6.45) is 0. The molecule has 2 rings (SSSR count). The minimum atomic E-state index is -0.191. The SMILES string of the molecule is C[C@@H](NC(=O)c1ccccc1)c1cc(C(C)(C)C)c(O)c(C(C)(C)C)c1. The van der Waals surface area contributed by atoms with Crippen molar-refractivity contribution in [2.24, 2.45) is 0 Å². The van der Waals surface area contributed by atoms with Gasteiger partial charge in [0.15, 0.2) is 0 Å². The Bertz CT molecular complexity index is 745. The molecule has 0 aromatic heterocycles. The van der Waals surface area contributed by atoms with Crippen LogP contribution in [0.1, 0.15) is 81.6 Å². The molecule has 26 heavy (non-hydrogen) atoms. The van der Waals surface area contributed by atoms with E-state index in [1.165, 1.54) is 0 Å². The Morgan fingerprint density at radius 3 is 1.81 bits per heavy atom. The summed E-state index contributed by atoms with van der Waals surface area (Å²) in [4.78, 5) is 12.5. The average molecular weight is 354 g/mol. The number of nitrogens with one attached hydrogen (secondary N) is 1. The van der Waals surface area contributed by atoms with E-state index >= 15 is 0 Å². The first-order valence-electron chi connectivity index (χ1n) is 9.15. The first kappa shape index (κ1) is 20.0. The molecule has 0 spiro atoms. The van der Waals surface area contributed by atoms with Gasteiger partial charge in [0.05, 0.1) is 6.04 Å². The van der Waals surface area contributed by atoms with E-state index < -0.39 is 0 Å². The van der Waals surface area contributed by atoms with Crippen LogP contribution in [0.5, 0.6) is 5.75 Å². The summed E-state index contributed by atoms with van der Waals surface area (Å²) < 4.78 is 0. The van der Waals surface area contributed by atoms with Gasteiger partial charge >= 0.3 is 0 Å². The molecule has 0 saturated carbocycles. The topological polar surface area (TPSA) is 49.3 Å². The van der Waals surface area contributed by atoms with Crippen molar-refractivity contribution in [3.05, 3.63) is 64.7 Å². The van der Waals surface area contributed by atoms with Crippen LogP contribution >= 0.6 is 0 Å². The van der Waals surface area contributed by atoms with Crippen molar-refractivity contribution in [2.45, 2.75) is 65.3 Å². The predicted molar refractivity (Wildman–Crippen MR) is 108 cm³/mol. The zero-order chi connectivity index (χ0) is 19.7. The third-order valence-corrected chi connectivity index (χ3v) is 4.63. The van der Waals surface area contributed by atoms with Crippen LogP contribution < -0.4 is 5.32 Å². The molecule has 2 aromatic carbocycles. The van der Waals surface area contributed by atoms with Gasteiger partial charge < -0.3 is 10.4 Å². The lowest BCUT2D eigenvalue weighted by atomic mass is 9.78. The molecule has 140 valence electrons. The second kappa shape index (κ2) is 7.14. The quantitative estimate of drug-likeness (QED) is 0.768. The standard InChI is InChI=1S/C23H31NO2/c1-15(24-21(26)16-11-9-8-10-12-16)17-13-18(22(2,3)4)20(25)19(14-17)23(5,6)7/h8-15,25H,1-7H3,(H,24,26)/t15-/m1/s1. The highest BCUT2D eigenvalue weighted by molar-refractivity contribution is 5.94. The van der Waals surface area contributed by atoms with Crippen LogP contribution in [0.2, 0.25) is 0 Å². The molecular formula is C23H31NO2.